The number of methoxy groups -OCH3 is 1. The molecular weight excluding hydrogens is 414 g/mol. The van der Waals surface area contributed by atoms with Crippen LogP contribution in [0.2, 0.25) is 0 Å². The summed E-state index contributed by atoms with van der Waals surface area (Å²) in [6.07, 6.45) is 1.69. The van der Waals surface area contributed by atoms with Gasteiger partial charge >= 0.3 is 5.97 Å². The SMILES string of the molecule is COc1cc(/C=C2\N=C(c3ccc(C(C)C)cc3)OC2=O)ccc1OCc1ccccc1C. The van der Waals surface area contributed by atoms with E-state index >= 15 is 0 Å². The van der Waals surface area contributed by atoms with Crippen molar-refractivity contribution in [3.05, 3.63) is 100 Å². The number of carbonyl (C=O) groups is 1. The van der Waals surface area contributed by atoms with Crippen molar-refractivity contribution in [2.75, 3.05) is 7.11 Å². The zero-order valence-corrected chi connectivity index (χ0v) is 19.3. The van der Waals surface area contributed by atoms with Crippen molar-refractivity contribution in [3.63, 3.8) is 0 Å². The molecule has 1 aliphatic rings. The molecule has 5 heteroatoms. The van der Waals surface area contributed by atoms with Crippen molar-refractivity contribution in [3.8, 4) is 11.5 Å². The number of cyclic esters (lactones) is 1. The summed E-state index contributed by atoms with van der Waals surface area (Å²) < 4.78 is 16.9. The van der Waals surface area contributed by atoms with Gasteiger partial charge in [-0.15, -0.1) is 0 Å². The lowest BCUT2D eigenvalue weighted by atomic mass is 10.0. The number of aryl methyl sites for hydroxylation is 1. The standard InChI is InChI=1S/C28H27NO4/c1-18(2)21-10-12-22(13-11-21)27-29-24(28(30)33-27)15-20-9-14-25(26(16-20)31-4)32-17-23-8-6-5-7-19(23)3/h5-16,18H,17H2,1-4H3/b24-15-. The Bertz CT molecular complexity index is 1220. The van der Waals surface area contributed by atoms with Gasteiger partial charge in [0.2, 0.25) is 5.90 Å². The van der Waals surface area contributed by atoms with Crippen molar-refractivity contribution in [2.45, 2.75) is 33.3 Å². The van der Waals surface area contributed by atoms with Gasteiger partial charge in [0.05, 0.1) is 7.11 Å². The minimum atomic E-state index is -0.475. The zero-order valence-electron chi connectivity index (χ0n) is 19.3. The average molecular weight is 442 g/mol. The number of benzene rings is 3. The first kappa shape index (κ1) is 22.3. The van der Waals surface area contributed by atoms with Crippen molar-refractivity contribution in [2.24, 2.45) is 4.99 Å². The molecule has 0 amide bonds. The third-order valence-electron chi connectivity index (χ3n) is 5.58. The molecule has 0 aromatic heterocycles. The second-order valence-corrected chi connectivity index (χ2v) is 8.24. The van der Waals surface area contributed by atoms with E-state index in [9.17, 15) is 4.79 Å². The van der Waals surface area contributed by atoms with Crippen LogP contribution in [0.15, 0.2) is 77.4 Å². The number of carbonyl (C=O) groups excluding carboxylic acids is 1. The molecule has 0 unspecified atom stereocenters. The van der Waals surface area contributed by atoms with Crippen LogP contribution in [-0.2, 0) is 16.1 Å². The Morgan fingerprint density at radius 1 is 1.00 bits per heavy atom. The third kappa shape index (κ3) is 5.14. The highest BCUT2D eigenvalue weighted by molar-refractivity contribution is 6.12. The molecule has 0 fully saturated rings. The van der Waals surface area contributed by atoms with Crippen LogP contribution in [-0.4, -0.2) is 19.0 Å². The smallest absolute Gasteiger partial charge is 0.363 e. The summed E-state index contributed by atoms with van der Waals surface area (Å²) in [5.41, 5.74) is 5.29. The molecule has 0 bridgehead atoms. The van der Waals surface area contributed by atoms with Gasteiger partial charge in [-0.05, 0) is 65.4 Å². The highest BCUT2D eigenvalue weighted by Gasteiger charge is 2.24. The number of esters is 1. The number of hydrogen-bond acceptors (Lipinski definition) is 5. The molecule has 5 nitrogen and oxygen atoms in total. The Morgan fingerprint density at radius 2 is 1.76 bits per heavy atom. The van der Waals surface area contributed by atoms with Crippen LogP contribution >= 0.6 is 0 Å². The Hall–Kier alpha value is -3.86. The number of nitrogens with zero attached hydrogens (tertiary/aromatic N) is 1. The fraction of sp³-hybridized carbons (Fsp3) is 0.214. The predicted octanol–water partition coefficient (Wildman–Crippen LogP) is 6.05. The Balaban J connectivity index is 1.53. The van der Waals surface area contributed by atoms with Crippen molar-refractivity contribution in [1.82, 2.24) is 0 Å². The minimum Gasteiger partial charge on any atom is -0.493 e. The van der Waals surface area contributed by atoms with Gasteiger partial charge in [-0.1, -0.05) is 56.3 Å². The van der Waals surface area contributed by atoms with Gasteiger partial charge in [-0.3, -0.25) is 0 Å². The normalized spacial score (nSPS) is 14.4. The lowest BCUT2D eigenvalue weighted by molar-refractivity contribution is -0.129. The van der Waals surface area contributed by atoms with Gasteiger partial charge in [-0.2, -0.15) is 0 Å². The Labute approximate surface area is 194 Å². The first-order chi connectivity index (χ1) is 15.9. The lowest BCUT2D eigenvalue weighted by Gasteiger charge is -2.12. The molecule has 0 aliphatic carbocycles. The van der Waals surface area contributed by atoms with Crippen molar-refractivity contribution < 1.29 is 19.0 Å². The van der Waals surface area contributed by atoms with E-state index in [1.54, 1.807) is 13.2 Å². The molecule has 168 valence electrons. The molecule has 0 spiro atoms. The monoisotopic (exact) mass is 441 g/mol. The molecule has 0 saturated heterocycles. The van der Waals surface area contributed by atoms with E-state index in [0.717, 1.165) is 16.7 Å². The highest BCUT2D eigenvalue weighted by Crippen LogP contribution is 2.31. The summed E-state index contributed by atoms with van der Waals surface area (Å²) in [4.78, 5) is 16.8. The largest absolute Gasteiger partial charge is 0.493 e. The van der Waals surface area contributed by atoms with Crippen LogP contribution in [0.4, 0.5) is 0 Å². The first-order valence-corrected chi connectivity index (χ1v) is 10.9. The molecule has 0 N–H and O–H groups in total. The van der Waals surface area contributed by atoms with Gasteiger partial charge in [0.15, 0.2) is 17.2 Å². The van der Waals surface area contributed by atoms with E-state index in [2.05, 4.69) is 31.8 Å². The van der Waals surface area contributed by atoms with Crippen molar-refractivity contribution in [1.29, 1.82) is 0 Å². The second-order valence-electron chi connectivity index (χ2n) is 8.24. The molecule has 1 heterocycles. The minimum absolute atomic E-state index is 0.244. The fourth-order valence-corrected chi connectivity index (χ4v) is 3.52. The van der Waals surface area contributed by atoms with E-state index in [4.69, 9.17) is 14.2 Å². The average Bonchev–Trinajstić information content (AvgIpc) is 3.19. The molecule has 0 saturated carbocycles. The number of rotatable bonds is 7. The van der Waals surface area contributed by atoms with Gasteiger partial charge < -0.3 is 14.2 Å². The van der Waals surface area contributed by atoms with Crippen LogP contribution < -0.4 is 9.47 Å². The first-order valence-electron chi connectivity index (χ1n) is 10.9. The number of hydrogen-bond donors (Lipinski definition) is 0. The van der Waals surface area contributed by atoms with Crippen LogP contribution in [0, 0.1) is 6.92 Å². The topological polar surface area (TPSA) is 57.1 Å². The van der Waals surface area contributed by atoms with Gasteiger partial charge in [-0.25, -0.2) is 9.79 Å². The molecule has 3 aromatic rings. The lowest BCUT2D eigenvalue weighted by Crippen LogP contribution is -2.05. The van der Waals surface area contributed by atoms with Crippen LogP contribution in [0.3, 0.4) is 0 Å². The Kier molecular flexibility index (Phi) is 6.59. The second kappa shape index (κ2) is 9.74. The third-order valence-corrected chi connectivity index (χ3v) is 5.58. The van der Waals surface area contributed by atoms with E-state index in [1.165, 1.54) is 11.1 Å². The van der Waals surface area contributed by atoms with E-state index in [1.807, 2.05) is 60.7 Å². The highest BCUT2D eigenvalue weighted by atomic mass is 16.6. The number of ether oxygens (including phenoxy) is 3. The fourth-order valence-electron chi connectivity index (χ4n) is 3.52. The maximum Gasteiger partial charge on any atom is 0.363 e. The zero-order chi connectivity index (χ0) is 23.4. The van der Waals surface area contributed by atoms with Crippen LogP contribution in [0.1, 0.15) is 47.6 Å². The molecule has 4 rings (SSSR count). The molecule has 33 heavy (non-hydrogen) atoms. The summed E-state index contributed by atoms with van der Waals surface area (Å²) in [6, 6.07) is 21.5. The van der Waals surface area contributed by atoms with E-state index in [-0.39, 0.29) is 5.70 Å². The van der Waals surface area contributed by atoms with Gasteiger partial charge in [0.1, 0.15) is 6.61 Å². The molecule has 0 radical (unpaired) electrons. The van der Waals surface area contributed by atoms with Gasteiger partial charge in [0.25, 0.3) is 0 Å². The van der Waals surface area contributed by atoms with Gasteiger partial charge in [0, 0.05) is 5.56 Å². The molecule has 3 aromatic carbocycles. The van der Waals surface area contributed by atoms with Crippen LogP contribution in [0.5, 0.6) is 11.5 Å². The maximum absolute atomic E-state index is 12.4. The van der Waals surface area contributed by atoms with E-state index in [0.29, 0.717) is 29.9 Å². The Morgan fingerprint density at radius 3 is 2.45 bits per heavy atom. The number of aliphatic imine (C=N–C) groups is 1. The quantitative estimate of drug-likeness (QED) is 0.331. The summed E-state index contributed by atoms with van der Waals surface area (Å²) >= 11 is 0. The molecule has 1 aliphatic heterocycles. The summed E-state index contributed by atoms with van der Waals surface area (Å²) in [5.74, 6) is 1.48. The molecular formula is C28H27NO4. The van der Waals surface area contributed by atoms with E-state index < -0.39 is 5.97 Å². The van der Waals surface area contributed by atoms with Crippen LogP contribution in [0.25, 0.3) is 6.08 Å². The molecule has 0 atom stereocenters. The summed E-state index contributed by atoms with van der Waals surface area (Å²) in [6.45, 7) is 6.77. The van der Waals surface area contributed by atoms with Crippen molar-refractivity contribution >= 4 is 17.9 Å². The predicted molar refractivity (Wildman–Crippen MR) is 130 cm³/mol. The summed E-state index contributed by atoms with van der Waals surface area (Å²) in [5, 5.41) is 0. The summed E-state index contributed by atoms with van der Waals surface area (Å²) in [7, 11) is 1.59. The maximum atomic E-state index is 12.4.